The molecule has 3 heterocycles. The van der Waals surface area contributed by atoms with Crippen LogP contribution < -0.4 is 0 Å². The van der Waals surface area contributed by atoms with Crippen molar-refractivity contribution in [3.63, 3.8) is 0 Å². The van der Waals surface area contributed by atoms with Crippen LogP contribution in [0.1, 0.15) is 30.2 Å². The van der Waals surface area contributed by atoms with Crippen molar-refractivity contribution in [2.24, 2.45) is 0 Å². The second-order valence-corrected chi connectivity index (χ2v) is 6.39. The third-order valence-electron chi connectivity index (χ3n) is 4.52. The average molecular weight is 338 g/mol. The molecule has 1 aliphatic rings. The van der Waals surface area contributed by atoms with Crippen molar-refractivity contribution < 1.29 is 8.81 Å². The Morgan fingerprint density at radius 3 is 2.88 bits per heavy atom. The van der Waals surface area contributed by atoms with Gasteiger partial charge in [-0.25, -0.2) is 4.39 Å². The summed E-state index contributed by atoms with van der Waals surface area (Å²) in [6.07, 6.45) is 5.51. The van der Waals surface area contributed by atoms with Crippen LogP contribution in [0.4, 0.5) is 4.39 Å². The molecule has 2 aromatic heterocycles. The average Bonchev–Trinajstić information content (AvgIpc) is 3.13. The Hall–Kier alpha value is -2.60. The zero-order valence-electron chi connectivity index (χ0n) is 13.8. The summed E-state index contributed by atoms with van der Waals surface area (Å²) in [4.78, 5) is 6.32. The SMILES string of the molecule is Fc1cccc(CN2CCC[C@@H](c3nnc(-c4ccncc4)o3)C2)c1. The minimum atomic E-state index is -0.190. The highest BCUT2D eigenvalue weighted by molar-refractivity contribution is 5.50. The van der Waals surface area contributed by atoms with Gasteiger partial charge in [0.05, 0.1) is 5.92 Å². The van der Waals surface area contributed by atoms with Gasteiger partial charge in [0.1, 0.15) is 5.82 Å². The lowest BCUT2D eigenvalue weighted by molar-refractivity contribution is 0.186. The highest BCUT2D eigenvalue weighted by atomic mass is 19.1. The van der Waals surface area contributed by atoms with Gasteiger partial charge in [0.15, 0.2) is 0 Å². The van der Waals surface area contributed by atoms with Gasteiger partial charge in [0, 0.05) is 31.0 Å². The molecule has 4 rings (SSSR count). The zero-order valence-corrected chi connectivity index (χ0v) is 13.8. The predicted octanol–water partition coefficient (Wildman–Crippen LogP) is 3.65. The number of rotatable bonds is 4. The van der Waals surface area contributed by atoms with Crippen molar-refractivity contribution in [2.75, 3.05) is 13.1 Å². The molecular weight excluding hydrogens is 319 g/mol. The van der Waals surface area contributed by atoms with E-state index in [1.165, 1.54) is 6.07 Å². The van der Waals surface area contributed by atoms with Gasteiger partial charge < -0.3 is 4.42 Å². The highest BCUT2D eigenvalue weighted by Gasteiger charge is 2.26. The molecule has 0 amide bonds. The number of pyridine rings is 1. The zero-order chi connectivity index (χ0) is 17.1. The summed E-state index contributed by atoms with van der Waals surface area (Å²) in [6.45, 7) is 2.58. The van der Waals surface area contributed by atoms with Crippen LogP contribution in [0, 0.1) is 5.82 Å². The molecule has 0 N–H and O–H groups in total. The lowest BCUT2D eigenvalue weighted by atomic mass is 9.97. The Labute approximate surface area is 145 Å². The molecule has 0 saturated carbocycles. The second-order valence-electron chi connectivity index (χ2n) is 6.39. The van der Waals surface area contributed by atoms with Crippen molar-refractivity contribution in [2.45, 2.75) is 25.3 Å². The van der Waals surface area contributed by atoms with Gasteiger partial charge in [-0.15, -0.1) is 10.2 Å². The van der Waals surface area contributed by atoms with E-state index in [2.05, 4.69) is 20.1 Å². The molecule has 1 atom stereocenters. The van der Waals surface area contributed by atoms with Crippen LogP contribution in [0.25, 0.3) is 11.5 Å². The Morgan fingerprint density at radius 2 is 2.04 bits per heavy atom. The molecule has 6 heteroatoms. The summed E-state index contributed by atoms with van der Waals surface area (Å²) in [6, 6.07) is 10.5. The third-order valence-corrected chi connectivity index (χ3v) is 4.52. The van der Waals surface area contributed by atoms with Crippen LogP contribution in [0.2, 0.25) is 0 Å². The molecule has 0 unspecified atom stereocenters. The van der Waals surface area contributed by atoms with Gasteiger partial charge in [0.25, 0.3) is 0 Å². The summed E-state index contributed by atoms with van der Waals surface area (Å²) < 4.78 is 19.3. The summed E-state index contributed by atoms with van der Waals surface area (Å²) >= 11 is 0. The van der Waals surface area contributed by atoms with Crippen molar-refractivity contribution in [3.05, 3.63) is 66.1 Å². The van der Waals surface area contributed by atoms with Crippen LogP contribution >= 0.6 is 0 Å². The topological polar surface area (TPSA) is 55.1 Å². The van der Waals surface area contributed by atoms with E-state index in [1.807, 2.05) is 18.2 Å². The molecule has 1 aromatic carbocycles. The molecule has 1 aliphatic heterocycles. The van der Waals surface area contributed by atoms with E-state index in [9.17, 15) is 4.39 Å². The Morgan fingerprint density at radius 1 is 1.16 bits per heavy atom. The summed E-state index contributed by atoms with van der Waals surface area (Å²) in [5, 5.41) is 8.42. The molecule has 1 saturated heterocycles. The molecule has 0 spiro atoms. The van der Waals surface area contributed by atoms with Crippen LogP contribution in [0.3, 0.4) is 0 Å². The number of benzene rings is 1. The molecular formula is C19H19FN4O. The van der Waals surface area contributed by atoms with E-state index in [0.29, 0.717) is 11.8 Å². The molecule has 3 aromatic rings. The van der Waals surface area contributed by atoms with Crippen molar-refractivity contribution in [1.82, 2.24) is 20.1 Å². The maximum atomic E-state index is 13.4. The highest BCUT2D eigenvalue weighted by Crippen LogP contribution is 2.29. The van der Waals surface area contributed by atoms with Crippen LogP contribution in [-0.4, -0.2) is 33.2 Å². The normalized spacial score (nSPS) is 18.4. The van der Waals surface area contributed by atoms with E-state index in [-0.39, 0.29) is 11.7 Å². The predicted molar refractivity (Wildman–Crippen MR) is 91.2 cm³/mol. The third kappa shape index (κ3) is 3.74. The number of piperidine rings is 1. The first-order valence-electron chi connectivity index (χ1n) is 8.48. The Bertz CT molecular complexity index is 836. The first-order chi connectivity index (χ1) is 12.3. The van der Waals surface area contributed by atoms with E-state index in [1.54, 1.807) is 24.5 Å². The molecule has 1 fully saturated rings. The van der Waals surface area contributed by atoms with E-state index in [4.69, 9.17) is 4.42 Å². The van der Waals surface area contributed by atoms with Crippen LogP contribution in [0.15, 0.2) is 53.2 Å². The minimum absolute atomic E-state index is 0.190. The quantitative estimate of drug-likeness (QED) is 0.727. The number of likely N-dealkylation sites (tertiary alicyclic amines) is 1. The van der Waals surface area contributed by atoms with Crippen LogP contribution in [-0.2, 0) is 6.54 Å². The van der Waals surface area contributed by atoms with Gasteiger partial charge in [-0.3, -0.25) is 9.88 Å². The number of aromatic nitrogens is 3. The molecule has 0 aliphatic carbocycles. The van der Waals surface area contributed by atoms with E-state index < -0.39 is 0 Å². The summed E-state index contributed by atoms with van der Waals surface area (Å²) in [5.41, 5.74) is 1.87. The van der Waals surface area contributed by atoms with Crippen molar-refractivity contribution >= 4 is 0 Å². The fourth-order valence-corrected chi connectivity index (χ4v) is 3.30. The second kappa shape index (κ2) is 7.11. The van der Waals surface area contributed by atoms with Crippen molar-refractivity contribution in [3.8, 4) is 11.5 Å². The van der Waals surface area contributed by atoms with Gasteiger partial charge in [-0.05, 0) is 49.2 Å². The molecule has 0 bridgehead atoms. The minimum Gasteiger partial charge on any atom is -0.420 e. The fourth-order valence-electron chi connectivity index (χ4n) is 3.30. The molecule has 5 nitrogen and oxygen atoms in total. The maximum Gasteiger partial charge on any atom is 0.247 e. The maximum absolute atomic E-state index is 13.4. The van der Waals surface area contributed by atoms with Crippen LogP contribution in [0.5, 0.6) is 0 Å². The first kappa shape index (κ1) is 15.9. The lowest BCUT2D eigenvalue weighted by Crippen LogP contribution is -2.34. The standard InChI is InChI=1S/C19H19FN4O/c20-17-5-1-3-14(11-17)12-24-10-2-4-16(13-24)19-23-22-18(25-19)15-6-8-21-9-7-15/h1,3,5-9,11,16H,2,4,10,12-13H2/t16-/m1/s1. The molecule has 25 heavy (non-hydrogen) atoms. The van der Waals surface area contributed by atoms with E-state index in [0.717, 1.165) is 43.6 Å². The van der Waals surface area contributed by atoms with Gasteiger partial charge in [-0.2, -0.15) is 0 Å². The Kier molecular flexibility index (Phi) is 4.52. The summed E-state index contributed by atoms with van der Waals surface area (Å²) in [7, 11) is 0. The molecule has 128 valence electrons. The number of halogens is 1. The monoisotopic (exact) mass is 338 g/mol. The fraction of sp³-hybridized carbons (Fsp3) is 0.316. The van der Waals surface area contributed by atoms with Gasteiger partial charge >= 0.3 is 0 Å². The Balaban J connectivity index is 1.45. The number of hydrogen-bond donors (Lipinski definition) is 0. The molecule has 0 radical (unpaired) electrons. The number of hydrogen-bond acceptors (Lipinski definition) is 5. The van der Waals surface area contributed by atoms with Crippen molar-refractivity contribution in [1.29, 1.82) is 0 Å². The largest absolute Gasteiger partial charge is 0.420 e. The van der Waals surface area contributed by atoms with Gasteiger partial charge in [0.2, 0.25) is 11.8 Å². The summed E-state index contributed by atoms with van der Waals surface area (Å²) in [5.74, 6) is 1.23. The first-order valence-corrected chi connectivity index (χ1v) is 8.48. The number of nitrogens with zero attached hydrogens (tertiary/aromatic N) is 4. The van der Waals surface area contributed by atoms with Gasteiger partial charge in [-0.1, -0.05) is 12.1 Å². The smallest absolute Gasteiger partial charge is 0.247 e. The van der Waals surface area contributed by atoms with E-state index >= 15 is 0 Å². The lowest BCUT2D eigenvalue weighted by Gasteiger charge is -2.31.